The molecule has 1 aromatic heterocycles. The molecular formula is C13H16N4O. The topological polar surface area (TPSA) is 69.8 Å². The van der Waals surface area contributed by atoms with Crippen LogP contribution in [0.2, 0.25) is 0 Å². The molecule has 0 fully saturated rings. The molecule has 94 valence electrons. The van der Waals surface area contributed by atoms with Crippen molar-refractivity contribution in [1.82, 2.24) is 15.3 Å². The predicted octanol–water partition coefficient (Wildman–Crippen LogP) is 1.69. The van der Waals surface area contributed by atoms with Crippen LogP contribution in [-0.4, -0.2) is 22.9 Å². The van der Waals surface area contributed by atoms with Gasteiger partial charge in [0.05, 0.1) is 12.1 Å². The number of hydrogen-bond acceptors (Lipinski definition) is 3. The van der Waals surface area contributed by atoms with Crippen LogP contribution in [0.4, 0.5) is 5.69 Å². The third-order valence-corrected chi connectivity index (χ3v) is 2.66. The van der Waals surface area contributed by atoms with Crippen LogP contribution in [0.15, 0.2) is 30.6 Å². The number of aromatic amines is 1. The molecule has 0 bridgehead atoms. The quantitative estimate of drug-likeness (QED) is 0.766. The maximum absolute atomic E-state index is 12.0. The molecule has 0 aliphatic carbocycles. The number of carbonyl (C=O) groups excluding carboxylic acids is 1. The van der Waals surface area contributed by atoms with Crippen LogP contribution in [-0.2, 0) is 6.54 Å². The normalized spacial score (nSPS) is 10.1. The second kappa shape index (κ2) is 5.35. The van der Waals surface area contributed by atoms with Crippen molar-refractivity contribution in [3.05, 3.63) is 47.5 Å². The first kappa shape index (κ1) is 12.2. The van der Waals surface area contributed by atoms with Gasteiger partial charge in [-0.05, 0) is 24.6 Å². The van der Waals surface area contributed by atoms with E-state index in [9.17, 15) is 4.79 Å². The number of aryl methyl sites for hydroxylation is 1. The standard InChI is InChI=1S/C13H16N4O/c1-9-3-4-10(11(7-9)14-2)13(18)17-8-12-15-5-6-16-12/h3-7,14H,8H2,1-2H3,(H,15,16)(H,17,18). The van der Waals surface area contributed by atoms with Gasteiger partial charge in [-0.2, -0.15) is 0 Å². The molecule has 1 amide bonds. The molecule has 0 atom stereocenters. The van der Waals surface area contributed by atoms with E-state index in [1.807, 2.05) is 25.1 Å². The Bertz CT molecular complexity index is 534. The number of aromatic nitrogens is 2. The lowest BCUT2D eigenvalue weighted by Crippen LogP contribution is -2.24. The fraction of sp³-hybridized carbons (Fsp3) is 0.231. The summed E-state index contributed by atoms with van der Waals surface area (Å²) in [6.45, 7) is 2.38. The maximum Gasteiger partial charge on any atom is 0.253 e. The predicted molar refractivity (Wildman–Crippen MR) is 70.5 cm³/mol. The Hall–Kier alpha value is -2.30. The second-order valence-electron chi connectivity index (χ2n) is 4.02. The molecule has 1 aromatic carbocycles. The van der Waals surface area contributed by atoms with E-state index in [4.69, 9.17) is 0 Å². The summed E-state index contributed by atoms with van der Waals surface area (Å²) < 4.78 is 0. The molecule has 0 saturated heterocycles. The SMILES string of the molecule is CNc1cc(C)ccc1C(=O)NCc1ncc[nH]1. The van der Waals surface area contributed by atoms with Gasteiger partial charge in [0.15, 0.2) is 0 Å². The minimum atomic E-state index is -0.115. The molecular weight excluding hydrogens is 228 g/mol. The zero-order valence-corrected chi connectivity index (χ0v) is 10.4. The first-order valence-corrected chi connectivity index (χ1v) is 5.75. The van der Waals surface area contributed by atoms with Crippen molar-refractivity contribution in [1.29, 1.82) is 0 Å². The number of rotatable bonds is 4. The van der Waals surface area contributed by atoms with Gasteiger partial charge in [0.1, 0.15) is 5.82 Å². The van der Waals surface area contributed by atoms with Crippen LogP contribution >= 0.6 is 0 Å². The van der Waals surface area contributed by atoms with Crippen LogP contribution in [0, 0.1) is 6.92 Å². The molecule has 3 N–H and O–H groups in total. The molecule has 0 unspecified atom stereocenters. The van der Waals surface area contributed by atoms with Crippen molar-refractivity contribution in [3.63, 3.8) is 0 Å². The highest BCUT2D eigenvalue weighted by molar-refractivity contribution is 5.99. The minimum Gasteiger partial charge on any atom is -0.387 e. The second-order valence-corrected chi connectivity index (χ2v) is 4.02. The van der Waals surface area contributed by atoms with Gasteiger partial charge >= 0.3 is 0 Å². The van der Waals surface area contributed by atoms with Crippen molar-refractivity contribution >= 4 is 11.6 Å². The molecule has 1 heterocycles. The van der Waals surface area contributed by atoms with Crippen LogP contribution in [0.1, 0.15) is 21.7 Å². The number of imidazole rings is 1. The number of hydrogen-bond donors (Lipinski definition) is 3. The summed E-state index contributed by atoms with van der Waals surface area (Å²) in [5.41, 5.74) is 2.57. The summed E-state index contributed by atoms with van der Waals surface area (Å²) in [5.74, 6) is 0.622. The zero-order chi connectivity index (χ0) is 13.0. The molecule has 5 heteroatoms. The van der Waals surface area contributed by atoms with Gasteiger partial charge in [-0.25, -0.2) is 4.98 Å². The summed E-state index contributed by atoms with van der Waals surface area (Å²) in [6, 6.07) is 5.68. The first-order valence-electron chi connectivity index (χ1n) is 5.75. The largest absolute Gasteiger partial charge is 0.387 e. The van der Waals surface area contributed by atoms with Gasteiger partial charge in [0.25, 0.3) is 5.91 Å². The van der Waals surface area contributed by atoms with E-state index in [-0.39, 0.29) is 5.91 Å². The molecule has 2 rings (SSSR count). The Morgan fingerprint density at radius 2 is 2.28 bits per heavy atom. The fourth-order valence-electron chi connectivity index (χ4n) is 1.72. The third kappa shape index (κ3) is 2.68. The molecule has 2 aromatic rings. The number of benzene rings is 1. The number of anilines is 1. The summed E-state index contributed by atoms with van der Waals surface area (Å²) >= 11 is 0. The van der Waals surface area contributed by atoms with Crippen molar-refractivity contribution in [2.45, 2.75) is 13.5 Å². The van der Waals surface area contributed by atoms with Crippen LogP contribution in [0.5, 0.6) is 0 Å². The van der Waals surface area contributed by atoms with Gasteiger partial charge in [-0.1, -0.05) is 6.07 Å². The highest BCUT2D eigenvalue weighted by atomic mass is 16.1. The molecule has 0 saturated carbocycles. The zero-order valence-electron chi connectivity index (χ0n) is 10.4. The number of H-pyrrole nitrogens is 1. The molecule has 18 heavy (non-hydrogen) atoms. The Morgan fingerprint density at radius 1 is 1.44 bits per heavy atom. The highest BCUT2D eigenvalue weighted by Crippen LogP contribution is 2.16. The fourth-order valence-corrected chi connectivity index (χ4v) is 1.72. The van der Waals surface area contributed by atoms with Crippen molar-refractivity contribution in [2.24, 2.45) is 0 Å². The van der Waals surface area contributed by atoms with E-state index < -0.39 is 0 Å². The maximum atomic E-state index is 12.0. The van der Waals surface area contributed by atoms with E-state index in [1.165, 1.54) is 0 Å². The molecule has 0 aliphatic rings. The summed E-state index contributed by atoms with van der Waals surface area (Å²) in [5, 5.41) is 5.85. The van der Waals surface area contributed by atoms with Gasteiger partial charge in [-0.3, -0.25) is 4.79 Å². The lowest BCUT2D eigenvalue weighted by molar-refractivity contribution is 0.0951. The summed E-state index contributed by atoms with van der Waals surface area (Å²) in [7, 11) is 1.80. The molecule has 0 radical (unpaired) electrons. The van der Waals surface area contributed by atoms with E-state index >= 15 is 0 Å². The number of amides is 1. The number of nitrogens with zero attached hydrogens (tertiary/aromatic N) is 1. The minimum absolute atomic E-state index is 0.115. The number of carbonyl (C=O) groups is 1. The summed E-state index contributed by atoms with van der Waals surface area (Å²) in [4.78, 5) is 19.0. The molecule has 0 aliphatic heterocycles. The first-order chi connectivity index (χ1) is 8.70. The average Bonchev–Trinajstić information content (AvgIpc) is 2.88. The van der Waals surface area contributed by atoms with Crippen LogP contribution < -0.4 is 10.6 Å². The van der Waals surface area contributed by atoms with Crippen LogP contribution in [0.25, 0.3) is 0 Å². The van der Waals surface area contributed by atoms with E-state index in [1.54, 1.807) is 19.4 Å². The summed E-state index contributed by atoms with van der Waals surface area (Å²) in [6.07, 6.45) is 3.39. The Morgan fingerprint density at radius 3 is 2.94 bits per heavy atom. The molecule has 0 spiro atoms. The van der Waals surface area contributed by atoms with Gasteiger partial charge in [0, 0.05) is 25.1 Å². The van der Waals surface area contributed by atoms with Crippen molar-refractivity contribution in [2.75, 3.05) is 12.4 Å². The average molecular weight is 244 g/mol. The third-order valence-electron chi connectivity index (χ3n) is 2.66. The Balaban J connectivity index is 2.09. The Kier molecular flexibility index (Phi) is 3.62. The van der Waals surface area contributed by atoms with Crippen molar-refractivity contribution < 1.29 is 4.79 Å². The highest BCUT2D eigenvalue weighted by Gasteiger charge is 2.10. The lowest BCUT2D eigenvalue weighted by atomic mass is 10.1. The van der Waals surface area contributed by atoms with E-state index in [2.05, 4.69) is 20.6 Å². The van der Waals surface area contributed by atoms with Crippen LogP contribution in [0.3, 0.4) is 0 Å². The lowest BCUT2D eigenvalue weighted by Gasteiger charge is -2.10. The van der Waals surface area contributed by atoms with Crippen molar-refractivity contribution in [3.8, 4) is 0 Å². The smallest absolute Gasteiger partial charge is 0.253 e. The van der Waals surface area contributed by atoms with Gasteiger partial charge in [0.2, 0.25) is 0 Å². The monoisotopic (exact) mass is 244 g/mol. The Labute approximate surface area is 106 Å². The number of nitrogens with one attached hydrogen (secondary N) is 3. The van der Waals surface area contributed by atoms with Gasteiger partial charge in [-0.15, -0.1) is 0 Å². The van der Waals surface area contributed by atoms with Gasteiger partial charge < -0.3 is 15.6 Å². The van der Waals surface area contributed by atoms with E-state index in [0.717, 1.165) is 17.1 Å². The van der Waals surface area contributed by atoms with E-state index in [0.29, 0.717) is 12.1 Å². The molecule has 5 nitrogen and oxygen atoms in total.